The van der Waals surface area contributed by atoms with E-state index in [4.69, 9.17) is 0 Å². The number of hydrogen-bond donors (Lipinski definition) is 0. The van der Waals surface area contributed by atoms with Crippen LogP contribution in [0.2, 0.25) is 0 Å². The Labute approximate surface area is 111 Å². The summed E-state index contributed by atoms with van der Waals surface area (Å²) in [6.07, 6.45) is -1.78. The van der Waals surface area contributed by atoms with E-state index in [0.717, 1.165) is 24.1 Å². The van der Waals surface area contributed by atoms with Gasteiger partial charge in [-0.15, -0.1) is 0 Å². The second-order valence-electron chi connectivity index (χ2n) is 5.70. The quantitative estimate of drug-likeness (QED) is 0.791. The first-order valence-electron chi connectivity index (χ1n) is 6.85. The lowest BCUT2D eigenvalue weighted by Crippen LogP contribution is -2.35. The summed E-state index contributed by atoms with van der Waals surface area (Å²) in [5.41, 5.74) is 2.26. The van der Waals surface area contributed by atoms with E-state index in [1.165, 1.54) is 6.07 Å². The fourth-order valence-corrected chi connectivity index (χ4v) is 3.48. The zero-order valence-electron chi connectivity index (χ0n) is 11.0. The Morgan fingerprint density at radius 1 is 1.32 bits per heavy atom. The summed E-state index contributed by atoms with van der Waals surface area (Å²) in [5, 5.41) is 0. The van der Waals surface area contributed by atoms with Gasteiger partial charge in [0.15, 0.2) is 0 Å². The molecule has 0 bridgehead atoms. The molecular weight excluding hydrogens is 251 g/mol. The van der Waals surface area contributed by atoms with E-state index >= 15 is 0 Å². The molecule has 1 aromatic rings. The van der Waals surface area contributed by atoms with Gasteiger partial charge in [0, 0.05) is 24.7 Å². The van der Waals surface area contributed by atoms with Crippen LogP contribution < -0.4 is 0 Å². The van der Waals surface area contributed by atoms with E-state index in [9.17, 15) is 13.2 Å². The molecule has 4 heteroatoms. The van der Waals surface area contributed by atoms with Crippen LogP contribution in [-0.2, 0) is 6.42 Å². The first-order valence-corrected chi connectivity index (χ1v) is 6.85. The van der Waals surface area contributed by atoms with Crippen molar-refractivity contribution in [3.05, 3.63) is 34.9 Å². The van der Waals surface area contributed by atoms with Crippen LogP contribution in [0, 0.1) is 0 Å². The van der Waals surface area contributed by atoms with Gasteiger partial charge in [-0.3, -0.25) is 4.90 Å². The van der Waals surface area contributed by atoms with Crippen molar-refractivity contribution in [1.82, 2.24) is 4.90 Å². The van der Waals surface area contributed by atoms with E-state index in [2.05, 4.69) is 11.8 Å². The maximum absolute atomic E-state index is 13.3. The molecule has 104 valence electrons. The van der Waals surface area contributed by atoms with Crippen LogP contribution in [0.4, 0.5) is 13.2 Å². The molecule has 1 nitrogen and oxygen atoms in total. The summed E-state index contributed by atoms with van der Waals surface area (Å²) in [4.78, 5) is 2.18. The number of benzene rings is 1. The molecule has 1 saturated heterocycles. The Morgan fingerprint density at radius 2 is 2.11 bits per heavy atom. The van der Waals surface area contributed by atoms with Crippen molar-refractivity contribution in [1.29, 1.82) is 0 Å². The molecule has 0 saturated carbocycles. The standard InChI is InChI=1S/C15H18F3N/c1-9-13-3-2-10(15(17)18)6-11(13)7-14(9)19-5-4-12(16)8-19/h2-3,6,9,12,14-15H,4-5,7-8H2,1H3/t9-,12+,14-/m1/s1. The molecule has 1 heterocycles. The second-order valence-corrected chi connectivity index (χ2v) is 5.70. The zero-order valence-corrected chi connectivity index (χ0v) is 11.0. The minimum absolute atomic E-state index is 0.0939. The fourth-order valence-electron chi connectivity index (χ4n) is 3.48. The third kappa shape index (κ3) is 2.27. The predicted octanol–water partition coefficient (Wildman–Crippen LogP) is 3.70. The number of alkyl halides is 3. The van der Waals surface area contributed by atoms with Gasteiger partial charge in [-0.25, -0.2) is 13.2 Å². The Balaban J connectivity index is 1.82. The topological polar surface area (TPSA) is 3.24 Å². The van der Waals surface area contributed by atoms with Crippen LogP contribution in [0.5, 0.6) is 0 Å². The van der Waals surface area contributed by atoms with Gasteiger partial charge < -0.3 is 0 Å². The summed E-state index contributed by atoms with van der Waals surface area (Å²) >= 11 is 0. The summed E-state index contributed by atoms with van der Waals surface area (Å²) in [6.45, 7) is 3.39. The molecular formula is C15H18F3N. The Hall–Kier alpha value is -1.03. The van der Waals surface area contributed by atoms with Gasteiger partial charge in [0.25, 0.3) is 6.43 Å². The largest absolute Gasteiger partial charge is 0.296 e. The Bertz CT molecular complexity index is 474. The van der Waals surface area contributed by atoms with Gasteiger partial charge in [-0.2, -0.15) is 0 Å². The molecule has 0 spiro atoms. The minimum atomic E-state index is -2.42. The van der Waals surface area contributed by atoms with Crippen LogP contribution in [0.25, 0.3) is 0 Å². The summed E-state index contributed by atoms with van der Waals surface area (Å²) < 4.78 is 38.8. The SMILES string of the molecule is C[C@@H]1c2ccc(C(F)F)cc2C[C@H]1N1CC[C@H](F)C1. The molecule has 1 aromatic carbocycles. The van der Waals surface area contributed by atoms with Crippen molar-refractivity contribution >= 4 is 0 Å². The van der Waals surface area contributed by atoms with E-state index in [-0.39, 0.29) is 11.6 Å². The first-order chi connectivity index (χ1) is 9.06. The molecule has 19 heavy (non-hydrogen) atoms. The molecule has 0 amide bonds. The lowest BCUT2D eigenvalue weighted by Gasteiger charge is -2.27. The maximum Gasteiger partial charge on any atom is 0.263 e. The fraction of sp³-hybridized carbons (Fsp3) is 0.600. The Kier molecular flexibility index (Phi) is 3.29. The van der Waals surface area contributed by atoms with E-state index in [1.807, 2.05) is 6.07 Å². The molecule has 0 N–H and O–H groups in total. The van der Waals surface area contributed by atoms with Crippen molar-refractivity contribution in [2.24, 2.45) is 0 Å². The molecule has 0 unspecified atom stereocenters. The highest BCUT2D eigenvalue weighted by molar-refractivity contribution is 5.40. The molecule has 1 aliphatic carbocycles. The highest BCUT2D eigenvalue weighted by Crippen LogP contribution is 2.39. The lowest BCUT2D eigenvalue weighted by molar-refractivity contribution is 0.151. The van der Waals surface area contributed by atoms with Gasteiger partial charge in [0.2, 0.25) is 0 Å². The Morgan fingerprint density at radius 3 is 2.74 bits per heavy atom. The second kappa shape index (κ2) is 4.82. The van der Waals surface area contributed by atoms with Gasteiger partial charge in [0.1, 0.15) is 6.17 Å². The highest BCUT2D eigenvalue weighted by atomic mass is 19.3. The van der Waals surface area contributed by atoms with Crippen LogP contribution >= 0.6 is 0 Å². The third-order valence-corrected chi connectivity index (χ3v) is 4.55. The molecule has 0 aromatic heterocycles. The molecule has 1 fully saturated rings. The first kappa shape index (κ1) is 13.0. The number of nitrogens with zero attached hydrogens (tertiary/aromatic N) is 1. The molecule has 3 atom stereocenters. The van der Waals surface area contributed by atoms with Gasteiger partial charge in [0.05, 0.1) is 0 Å². The summed E-state index contributed by atoms with van der Waals surface area (Å²) in [6, 6.07) is 5.23. The van der Waals surface area contributed by atoms with Crippen LogP contribution in [0.15, 0.2) is 18.2 Å². The van der Waals surface area contributed by atoms with Crippen molar-refractivity contribution in [3.8, 4) is 0 Å². The van der Waals surface area contributed by atoms with E-state index in [0.29, 0.717) is 18.9 Å². The van der Waals surface area contributed by atoms with Crippen molar-refractivity contribution in [2.75, 3.05) is 13.1 Å². The third-order valence-electron chi connectivity index (χ3n) is 4.55. The van der Waals surface area contributed by atoms with Crippen molar-refractivity contribution in [3.63, 3.8) is 0 Å². The number of halogens is 3. The minimum Gasteiger partial charge on any atom is -0.296 e. The monoisotopic (exact) mass is 269 g/mol. The molecule has 1 aliphatic heterocycles. The predicted molar refractivity (Wildman–Crippen MR) is 68.4 cm³/mol. The smallest absolute Gasteiger partial charge is 0.263 e. The average molecular weight is 269 g/mol. The van der Waals surface area contributed by atoms with E-state index < -0.39 is 12.6 Å². The van der Waals surface area contributed by atoms with Crippen molar-refractivity contribution in [2.45, 2.75) is 44.3 Å². The number of rotatable bonds is 2. The molecule has 3 rings (SSSR count). The normalized spacial score (nSPS) is 31.1. The number of hydrogen-bond acceptors (Lipinski definition) is 1. The summed E-state index contributed by atoms with van der Waals surface area (Å²) in [7, 11) is 0. The molecule has 0 radical (unpaired) electrons. The summed E-state index contributed by atoms with van der Waals surface area (Å²) in [5.74, 6) is 0.298. The van der Waals surface area contributed by atoms with Gasteiger partial charge in [-0.05, 0) is 36.0 Å². The highest BCUT2D eigenvalue weighted by Gasteiger charge is 2.37. The lowest BCUT2D eigenvalue weighted by atomic mass is 9.99. The van der Waals surface area contributed by atoms with Crippen LogP contribution in [0.1, 0.15) is 42.4 Å². The zero-order chi connectivity index (χ0) is 13.6. The number of fused-ring (bicyclic) bond motifs is 1. The van der Waals surface area contributed by atoms with Gasteiger partial charge in [-0.1, -0.05) is 19.1 Å². The van der Waals surface area contributed by atoms with E-state index in [1.54, 1.807) is 6.07 Å². The molecule has 2 aliphatic rings. The maximum atomic E-state index is 13.3. The average Bonchev–Trinajstić information content (AvgIpc) is 2.93. The number of likely N-dealkylation sites (tertiary alicyclic amines) is 1. The van der Waals surface area contributed by atoms with Crippen LogP contribution in [-0.4, -0.2) is 30.2 Å². The van der Waals surface area contributed by atoms with Gasteiger partial charge >= 0.3 is 0 Å². The van der Waals surface area contributed by atoms with Crippen molar-refractivity contribution < 1.29 is 13.2 Å². The van der Waals surface area contributed by atoms with Crippen LogP contribution in [0.3, 0.4) is 0 Å².